The molecular weight excluding hydrogens is 230 g/mol. The van der Waals surface area contributed by atoms with Gasteiger partial charge in [-0.3, -0.25) is 4.79 Å². The summed E-state index contributed by atoms with van der Waals surface area (Å²) >= 11 is 0. The topological polar surface area (TPSA) is 49.8 Å². The molecule has 1 aliphatic heterocycles. The van der Waals surface area contributed by atoms with E-state index in [0.29, 0.717) is 25.3 Å². The molecule has 1 aliphatic rings. The molecule has 4 heteroatoms. The molecule has 1 amide bonds. The Labute approximate surface area is 107 Å². The van der Waals surface area contributed by atoms with Crippen molar-refractivity contribution in [2.45, 2.75) is 25.7 Å². The number of benzene rings is 1. The van der Waals surface area contributed by atoms with Gasteiger partial charge in [-0.15, -0.1) is 0 Å². The van der Waals surface area contributed by atoms with E-state index in [1.54, 1.807) is 18.1 Å². The number of aryl methyl sites for hydroxylation is 1. The van der Waals surface area contributed by atoms with Crippen LogP contribution in [0.25, 0.3) is 0 Å². The maximum Gasteiger partial charge on any atom is 0.227 e. The van der Waals surface area contributed by atoms with E-state index in [4.69, 9.17) is 4.74 Å². The maximum atomic E-state index is 12.1. The Morgan fingerprint density at radius 2 is 2.33 bits per heavy atom. The third-order valence-electron chi connectivity index (χ3n) is 3.24. The monoisotopic (exact) mass is 249 g/mol. The Morgan fingerprint density at radius 1 is 1.50 bits per heavy atom. The SMILES string of the molecule is COCCCC(=O)N1CCCc2cccc(O)c21. The number of aromatic hydroxyl groups is 1. The second kappa shape index (κ2) is 5.87. The predicted molar refractivity (Wildman–Crippen MR) is 69.9 cm³/mol. The molecule has 1 heterocycles. The molecule has 0 saturated heterocycles. The Bertz CT molecular complexity index is 431. The fourth-order valence-corrected chi connectivity index (χ4v) is 2.38. The van der Waals surface area contributed by atoms with Gasteiger partial charge in [-0.05, 0) is 30.9 Å². The number of para-hydroxylation sites is 1. The molecule has 0 fully saturated rings. The van der Waals surface area contributed by atoms with Gasteiger partial charge in [0.15, 0.2) is 0 Å². The van der Waals surface area contributed by atoms with E-state index in [-0.39, 0.29) is 11.7 Å². The predicted octanol–water partition coefficient (Wildman–Crippen LogP) is 2.10. The maximum absolute atomic E-state index is 12.1. The highest BCUT2D eigenvalue weighted by Crippen LogP contribution is 2.35. The first-order valence-electron chi connectivity index (χ1n) is 6.34. The number of fused-ring (bicyclic) bond motifs is 1. The number of nitrogens with zero attached hydrogens (tertiary/aromatic N) is 1. The molecule has 1 N–H and O–H groups in total. The summed E-state index contributed by atoms with van der Waals surface area (Å²) < 4.78 is 4.95. The van der Waals surface area contributed by atoms with Gasteiger partial charge in [0.2, 0.25) is 5.91 Å². The van der Waals surface area contributed by atoms with Gasteiger partial charge < -0.3 is 14.7 Å². The summed E-state index contributed by atoms with van der Waals surface area (Å²) in [4.78, 5) is 13.9. The number of carbonyl (C=O) groups excluding carboxylic acids is 1. The first-order chi connectivity index (χ1) is 8.74. The zero-order chi connectivity index (χ0) is 13.0. The van der Waals surface area contributed by atoms with E-state index in [1.165, 1.54) is 0 Å². The van der Waals surface area contributed by atoms with Crippen molar-refractivity contribution in [3.63, 3.8) is 0 Å². The van der Waals surface area contributed by atoms with Gasteiger partial charge in [0.05, 0.1) is 5.69 Å². The fourth-order valence-electron chi connectivity index (χ4n) is 2.38. The summed E-state index contributed by atoms with van der Waals surface area (Å²) in [6.45, 7) is 1.28. The van der Waals surface area contributed by atoms with Crippen LogP contribution in [0.5, 0.6) is 5.75 Å². The standard InChI is InChI=1S/C14H19NO3/c1-18-10-4-8-13(17)15-9-3-6-11-5-2-7-12(16)14(11)15/h2,5,7,16H,3-4,6,8-10H2,1H3. The number of amides is 1. The average Bonchev–Trinajstić information content (AvgIpc) is 2.38. The highest BCUT2D eigenvalue weighted by Gasteiger charge is 2.24. The van der Waals surface area contributed by atoms with E-state index in [2.05, 4.69) is 0 Å². The minimum Gasteiger partial charge on any atom is -0.506 e. The van der Waals surface area contributed by atoms with Crippen molar-refractivity contribution in [3.8, 4) is 5.75 Å². The second-order valence-electron chi connectivity index (χ2n) is 4.53. The Hall–Kier alpha value is -1.55. The first-order valence-corrected chi connectivity index (χ1v) is 6.34. The fraction of sp³-hybridized carbons (Fsp3) is 0.500. The lowest BCUT2D eigenvalue weighted by molar-refractivity contribution is -0.119. The molecule has 0 aromatic heterocycles. The van der Waals surface area contributed by atoms with Crippen molar-refractivity contribution in [3.05, 3.63) is 23.8 Å². The van der Waals surface area contributed by atoms with Crippen molar-refractivity contribution in [1.82, 2.24) is 0 Å². The number of phenols is 1. The molecule has 0 radical (unpaired) electrons. The number of hydrogen-bond acceptors (Lipinski definition) is 3. The molecule has 1 aromatic rings. The number of rotatable bonds is 4. The van der Waals surface area contributed by atoms with Crippen molar-refractivity contribution in [1.29, 1.82) is 0 Å². The van der Waals surface area contributed by atoms with Crippen LogP contribution >= 0.6 is 0 Å². The van der Waals surface area contributed by atoms with Crippen LogP contribution in [0.15, 0.2) is 18.2 Å². The smallest absolute Gasteiger partial charge is 0.227 e. The molecule has 0 atom stereocenters. The van der Waals surface area contributed by atoms with Gasteiger partial charge in [0, 0.05) is 26.7 Å². The Balaban J connectivity index is 2.14. The number of ether oxygens (including phenoxy) is 1. The average molecular weight is 249 g/mol. The summed E-state index contributed by atoms with van der Waals surface area (Å²) in [5.74, 6) is 0.266. The zero-order valence-corrected chi connectivity index (χ0v) is 10.7. The summed E-state index contributed by atoms with van der Waals surface area (Å²) in [6.07, 6.45) is 3.05. The number of anilines is 1. The van der Waals surface area contributed by atoms with Crippen molar-refractivity contribution < 1.29 is 14.6 Å². The summed E-state index contributed by atoms with van der Waals surface area (Å²) in [5, 5.41) is 9.93. The van der Waals surface area contributed by atoms with E-state index in [9.17, 15) is 9.90 Å². The summed E-state index contributed by atoms with van der Waals surface area (Å²) in [6, 6.07) is 5.44. The lowest BCUT2D eigenvalue weighted by Gasteiger charge is -2.30. The molecule has 0 unspecified atom stereocenters. The Kier molecular flexibility index (Phi) is 4.20. The molecule has 1 aromatic carbocycles. The van der Waals surface area contributed by atoms with Gasteiger partial charge in [-0.1, -0.05) is 12.1 Å². The molecule has 4 nitrogen and oxygen atoms in total. The van der Waals surface area contributed by atoms with Crippen LogP contribution in [0.2, 0.25) is 0 Å². The molecule has 0 bridgehead atoms. The van der Waals surface area contributed by atoms with Crippen LogP contribution in [0, 0.1) is 0 Å². The van der Waals surface area contributed by atoms with Gasteiger partial charge in [0.1, 0.15) is 5.75 Å². The van der Waals surface area contributed by atoms with Crippen molar-refractivity contribution in [2.75, 3.05) is 25.2 Å². The number of phenolic OH excluding ortho intramolecular Hbond substituents is 1. The van der Waals surface area contributed by atoms with E-state index < -0.39 is 0 Å². The molecular formula is C14H19NO3. The van der Waals surface area contributed by atoms with Crippen molar-refractivity contribution >= 4 is 11.6 Å². The highest BCUT2D eigenvalue weighted by molar-refractivity contribution is 5.96. The minimum atomic E-state index is 0.0644. The van der Waals surface area contributed by atoms with Crippen LogP contribution in [0.4, 0.5) is 5.69 Å². The van der Waals surface area contributed by atoms with Crippen LogP contribution in [-0.2, 0) is 16.0 Å². The third kappa shape index (κ3) is 2.64. The zero-order valence-electron chi connectivity index (χ0n) is 10.7. The van der Waals surface area contributed by atoms with Gasteiger partial charge in [0.25, 0.3) is 0 Å². The van der Waals surface area contributed by atoms with Gasteiger partial charge in [-0.2, -0.15) is 0 Å². The summed E-state index contributed by atoms with van der Waals surface area (Å²) in [5.41, 5.74) is 1.76. The quantitative estimate of drug-likeness (QED) is 0.831. The number of hydrogen-bond donors (Lipinski definition) is 1. The molecule has 0 spiro atoms. The lowest BCUT2D eigenvalue weighted by atomic mass is 10.0. The van der Waals surface area contributed by atoms with Crippen LogP contribution in [-0.4, -0.2) is 31.3 Å². The van der Waals surface area contributed by atoms with Crippen LogP contribution in [0.3, 0.4) is 0 Å². The molecule has 98 valence electrons. The van der Waals surface area contributed by atoms with E-state index in [1.807, 2.05) is 12.1 Å². The molecule has 0 saturated carbocycles. The molecule has 0 aliphatic carbocycles. The number of methoxy groups -OCH3 is 1. The highest BCUT2D eigenvalue weighted by atomic mass is 16.5. The second-order valence-corrected chi connectivity index (χ2v) is 4.53. The van der Waals surface area contributed by atoms with Gasteiger partial charge in [-0.25, -0.2) is 0 Å². The van der Waals surface area contributed by atoms with E-state index in [0.717, 1.165) is 24.8 Å². The largest absolute Gasteiger partial charge is 0.506 e. The normalized spacial score (nSPS) is 14.4. The summed E-state index contributed by atoms with van der Waals surface area (Å²) in [7, 11) is 1.63. The Morgan fingerprint density at radius 3 is 3.11 bits per heavy atom. The van der Waals surface area contributed by atoms with Gasteiger partial charge >= 0.3 is 0 Å². The minimum absolute atomic E-state index is 0.0644. The third-order valence-corrected chi connectivity index (χ3v) is 3.24. The lowest BCUT2D eigenvalue weighted by Crippen LogP contribution is -2.35. The van der Waals surface area contributed by atoms with Crippen molar-refractivity contribution in [2.24, 2.45) is 0 Å². The van der Waals surface area contributed by atoms with Crippen LogP contribution < -0.4 is 4.90 Å². The molecule has 2 rings (SSSR count). The molecule has 18 heavy (non-hydrogen) atoms. The first kappa shape index (κ1) is 12.9. The van der Waals surface area contributed by atoms with E-state index >= 15 is 0 Å². The number of carbonyl (C=O) groups is 1. The van der Waals surface area contributed by atoms with Crippen LogP contribution in [0.1, 0.15) is 24.8 Å².